The first-order valence-electron chi connectivity index (χ1n) is 9.07. The second kappa shape index (κ2) is 13.2. The van der Waals surface area contributed by atoms with Crippen LogP contribution in [0.25, 0.3) is 0 Å². The third-order valence-electron chi connectivity index (χ3n) is 4.13. The maximum Gasteiger partial charge on any atom is 1.00 e. The van der Waals surface area contributed by atoms with Crippen molar-refractivity contribution < 1.29 is 59.4 Å². The number of carbonyl (C=O) groups excluding carboxylic acids is 2. The molecular formula is C19H24N4NaO6PS. The molecule has 0 saturated carbocycles. The molecule has 0 saturated heterocycles. The van der Waals surface area contributed by atoms with Gasteiger partial charge in [0.1, 0.15) is 11.6 Å². The summed E-state index contributed by atoms with van der Waals surface area (Å²) in [4.78, 5) is 52.2. The van der Waals surface area contributed by atoms with Crippen molar-refractivity contribution in [2.45, 2.75) is 26.8 Å². The molecule has 13 heteroatoms. The fourth-order valence-electron chi connectivity index (χ4n) is 2.52. The first-order chi connectivity index (χ1) is 14.6. The number of allylic oxidation sites excluding steroid dienone is 1. The van der Waals surface area contributed by atoms with Gasteiger partial charge in [0.25, 0.3) is 0 Å². The maximum absolute atomic E-state index is 12.7. The summed E-state index contributed by atoms with van der Waals surface area (Å²) in [5.74, 6) is 0.719. The van der Waals surface area contributed by atoms with Gasteiger partial charge in [-0.25, -0.2) is 14.5 Å². The smallest absolute Gasteiger partial charge is 1.00 e. The standard InChI is InChI=1S/C19H23N4O6PS.Na.H/c1-13(23(12-24)11-16-10-21-14(2)22-18(16)20)17(8-9-29-30(26,27)28)31-19(25)15-6-4-3-5-7-15;;/h3-7,10,12H,8-9,11H2,1-2H3,(H2,20,21,22)(H2,26,27,28);;/q;+1;-1/b17-13-;;. The maximum atomic E-state index is 12.7. The summed E-state index contributed by atoms with van der Waals surface area (Å²) in [5.41, 5.74) is 7.29. The number of phosphoric ester groups is 1. The summed E-state index contributed by atoms with van der Waals surface area (Å²) in [7, 11) is -4.67. The number of phosphoric acid groups is 1. The van der Waals surface area contributed by atoms with Crippen LogP contribution < -0.4 is 35.3 Å². The number of rotatable bonds is 10. The zero-order valence-corrected chi connectivity index (χ0v) is 21.7. The molecule has 0 bridgehead atoms. The van der Waals surface area contributed by atoms with Gasteiger partial charge in [-0.3, -0.25) is 14.1 Å². The number of thioether (sulfide) groups is 1. The van der Waals surface area contributed by atoms with E-state index in [1.54, 1.807) is 44.2 Å². The van der Waals surface area contributed by atoms with Crippen LogP contribution in [-0.2, 0) is 20.4 Å². The third kappa shape index (κ3) is 9.13. The Hall–Kier alpha value is -1.56. The second-order valence-electron chi connectivity index (χ2n) is 6.40. The number of carbonyl (C=O) groups is 2. The zero-order valence-electron chi connectivity index (χ0n) is 19.0. The topological polar surface area (TPSA) is 156 Å². The molecule has 0 radical (unpaired) electrons. The fourth-order valence-corrected chi connectivity index (χ4v) is 3.78. The van der Waals surface area contributed by atoms with E-state index in [2.05, 4.69) is 14.5 Å². The Morgan fingerprint density at radius 2 is 2.00 bits per heavy atom. The van der Waals surface area contributed by atoms with Crippen LogP contribution in [0.15, 0.2) is 47.1 Å². The van der Waals surface area contributed by atoms with Gasteiger partial charge in [-0.15, -0.1) is 0 Å². The Labute approximate surface area is 213 Å². The molecular weight excluding hydrogens is 466 g/mol. The van der Waals surface area contributed by atoms with E-state index in [0.29, 0.717) is 34.0 Å². The molecule has 32 heavy (non-hydrogen) atoms. The van der Waals surface area contributed by atoms with Gasteiger partial charge in [0.15, 0.2) is 0 Å². The summed E-state index contributed by atoms with van der Waals surface area (Å²) < 4.78 is 15.5. The van der Waals surface area contributed by atoms with Crippen molar-refractivity contribution in [3.63, 3.8) is 0 Å². The molecule has 168 valence electrons. The van der Waals surface area contributed by atoms with Crippen molar-refractivity contribution in [3.8, 4) is 0 Å². The van der Waals surface area contributed by atoms with Crippen molar-refractivity contribution >= 4 is 36.9 Å². The monoisotopic (exact) mass is 490 g/mol. The minimum absolute atomic E-state index is 0. The minimum Gasteiger partial charge on any atom is -1.00 e. The van der Waals surface area contributed by atoms with Gasteiger partial charge >= 0.3 is 37.4 Å². The van der Waals surface area contributed by atoms with Crippen LogP contribution >= 0.6 is 19.6 Å². The number of nitrogens with two attached hydrogens (primary N) is 1. The Balaban J connectivity index is 0.00000512. The fraction of sp³-hybridized carbons (Fsp3) is 0.263. The largest absolute Gasteiger partial charge is 1.00 e. The first kappa shape index (κ1) is 28.5. The molecule has 1 aromatic heterocycles. The summed E-state index contributed by atoms with van der Waals surface area (Å²) in [5, 5.41) is -0.282. The van der Waals surface area contributed by atoms with Gasteiger partial charge in [0, 0.05) is 34.3 Å². The van der Waals surface area contributed by atoms with E-state index >= 15 is 0 Å². The number of aryl methyl sites for hydroxylation is 1. The predicted octanol–water partition coefficient (Wildman–Crippen LogP) is -0.253. The SMILES string of the molecule is C/C(=C(\CCOP(=O)(O)O)SC(=O)c1ccccc1)N(C=O)Cc1cnc(C)nc1N.[H-].[Na+]. The Bertz CT molecular complexity index is 1020. The van der Waals surface area contributed by atoms with Gasteiger partial charge in [-0.05, 0) is 25.6 Å². The Morgan fingerprint density at radius 3 is 2.56 bits per heavy atom. The number of hydrogen-bond donors (Lipinski definition) is 3. The molecule has 0 aliphatic carbocycles. The number of aromatic nitrogens is 2. The first-order valence-corrected chi connectivity index (χ1v) is 11.4. The average Bonchev–Trinajstić information content (AvgIpc) is 2.71. The molecule has 0 aliphatic rings. The van der Waals surface area contributed by atoms with E-state index in [9.17, 15) is 14.2 Å². The molecule has 0 atom stereocenters. The molecule has 1 aromatic carbocycles. The minimum atomic E-state index is -4.67. The van der Waals surface area contributed by atoms with E-state index in [-0.39, 0.29) is 61.5 Å². The van der Waals surface area contributed by atoms with Gasteiger partial charge in [-0.1, -0.05) is 30.3 Å². The number of hydrogen-bond acceptors (Lipinski definition) is 8. The van der Waals surface area contributed by atoms with E-state index < -0.39 is 7.82 Å². The van der Waals surface area contributed by atoms with Crippen molar-refractivity contribution in [2.24, 2.45) is 0 Å². The predicted molar refractivity (Wildman–Crippen MR) is 118 cm³/mol. The van der Waals surface area contributed by atoms with Gasteiger partial charge in [0.2, 0.25) is 11.5 Å². The summed E-state index contributed by atoms with van der Waals surface area (Å²) in [6.07, 6.45) is 2.09. The van der Waals surface area contributed by atoms with Crippen molar-refractivity contribution in [2.75, 3.05) is 12.3 Å². The number of benzene rings is 1. The van der Waals surface area contributed by atoms with E-state index in [1.165, 1.54) is 11.1 Å². The summed E-state index contributed by atoms with van der Waals surface area (Å²) >= 11 is 0.862. The Morgan fingerprint density at radius 1 is 1.34 bits per heavy atom. The van der Waals surface area contributed by atoms with Crippen molar-refractivity contribution in [1.82, 2.24) is 14.9 Å². The van der Waals surface area contributed by atoms with Crippen molar-refractivity contribution in [1.29, 1.82) is 0 Å². The van der Waals surface area contributed by atoms with Crippen LogP contribution in [0.2, 0.25) is 0 Å². The second-order valence-corrected chi connectivity index (χ2v) is 8.71. The molecule has 0 aliphatic heterocycles. The van der Waals surface area contributed by atoms with Crippen molar-refractivity contribution in [3.05, 3.63) is 64.1 Å². The molecule has 2 rings (SSSR count). The molecule has 1 amide bonds. The molecule has 0 spiro atoms. The molecule has 2 aromatic rings. The van der Waals surface area contributed by atoms with Crippen LogP contribution in [0.1, 0.15) is 36.5 Å². The normalized spacial score (nSPS) is 11.9. The average molecular weight is 490 g/mol. The third-order valence-corrected chi connectivity index (χ3v) is 5.82. The molecule has 1 heterocycles. The van der Waals surface area contributed by atoms with Crippen LogP contribution in [0, 0.1) is 6.92 Å². The molecule has 10 nitrogen and oxygen atoms in total. The van der Waals surface area contributed by atoms with Crippen LogP contribution in [0.5, 0.6) is 0 Å². The van der Waals surface area contributed by atoms with E-state index in [0.717, 1.165) is 11.8 Å². The number of nitrogen functional groups attached to an aromatic ring is 1. The number of amides is 1. The number of nitrogens with zero attached hydrogens (tertiary/aromatic N) is 3. The van der Waals surface area contributed by atoms with Gasteiger partial charge in [-0.2, -0.15) is 0 Å². The summed E-state index contributed by atoms with van der Waals surface area (Å²) in [6, 6.07) is 8.52. The summed E-state index contributed by atoms with van der Waals surface area (Å²) in [6.45, 7) is 3.03. The van der Waals surface area contributed by atoms with E-state index in [4.69, 9.17) is 15.5 Å². The quantitative estimate of drug-likeness (QED) is 0.230. The van der Waals surface area contributed by atoms with Crippen LogP contribution in [0.4, 0.5) is 5.82 Å². The number of anilines is 1. The van der Waals surface area contributed by atoms with Crippen LogP contribution in [0.3, 0.4) is 0 Å². The molecule has 4 N–H and O–H groups in total. The zero-order chi connectivity index (χ0) is 23.0. The van der Waals surface area contributed by atoms with Gasteiger partial charge < -0.3 is 21.8 Å². The molecule has 0 unspecified atom stereocenters. The van der Waals surface area contributed by atoms with Crippen LogP contribution in [-0.4, -0.2) is 42.8 Å². The molecule has 0 fully saturated rings. The Kier molecular flexibility index (Phi) is 11.8. The van der Waals surface area contributed by atoms with E-state index in [1.807, 2.05) is 0 Å². The van der Waals surface area contributed by atoms with Gasteiger partial charge in [0.05, 0.1) is 13.2 Å².